The SMILES string of the molecule is CC(C)c1ccc([PH3+])cc1.F[B-](F)(F)F. The zero-order chi connectivity index (χ0) is 12.1. The van der Waals surface area contributed by atoms with Crippen molar-refractivity contribution in [2.45, 2.75) is 19.8 Å². The molecule has 0 aliphatic carbocycles. The largest absolute Gasteiger partial charge is 0.673 e. The van der Waals surface area contributed by atoms with Gasteiger partial charge in [-0.05, 0) is 23.6 Å². The number of rotatable bonds is 1. The first-order valence-corrected chi connectivity index (χ1v) is 5.20. The highest BCUT2D eigenvalue weighted by Crippen LogP contribution is 2.12. The first-order chi connectivity index (χ1) is 6.70. The number of halogens is 4. The number of hydrogen-bond acceptors (Lipinski definition) is 0. The van der Waals surface area contributed by atoms with Gasteiger partial charge >= 0.3 is 7.25 Å². The van der Waals surface area contributed by atoms with Crippen LogP contribution < -0.4 is 5.30 Å². The molecule has 0 nitrogen and oxygen atoms in total. The molecule has 0 saturated carbocycles. The Hall–Kier alpha value is -0.565. The van der Waals surface area contributed by atoms with E-state index in [2.05, 4.69) is 38.1 Å². The zero-order valence-corrected chi connectivity index (χ0v) is 10.1. The highest BCUT2D eigenvalue weighted by Gasteiger charge is 2.20. The summed E-state index contributed by atoms with van der Waals surface area (Å²) in [5.41, 5.74) is 1.43. The average Bonchev–Trinajstić information content (AvgIpc) is 2.01. The van der Waals surface area contributed by atoms with Crippen molar-refractivity contribution in [2.75, 3.05) is 0 Å². The summed E-state index contributed by atoms with van der Waals surface area (Å²) in [6.07, 6.45) is 0. The Balaban J connectivity index is 0.000000336. The molecule has 0 N–H and O–H groups in total. The van der Waals surface area contributed by atoms with E-state index in [1.54, 1.807) is 0 Å². The summed E-state index contributed by atoms with van der Waals surface area (Å²) in [5, 5.41) is 1.37. The van der Waals surface area contributed by atoms with Crippen molar-refractivity contribution in [2.24, 2.45) is 0 Å². The van der Waals surface area contributed by atoms with E-state index in [9.17, 15) is 17.3 Å². The summed E-state index contributed by atoms with van der Waals surface area (Å²) >= 11 is 0. The summed E-state index contributed by atoms with van der Waals surface area (Å²) in [5.74, 6) is 0.656. The lowest BCUT2D eigenvalue weighted by atomic mass is 10.0. The maximum atomic E-state index is 9.75. The second-order valence-corrected chi connectivity index (χ2v) is 4.21. The molecule has 15 heavy (non-hydrogen) atoms. The van der Waals surface area contributed by atoms with E-state index in [0.29, 0.717) is 5.92 Å². The molecule has 6 heteroatoms. The van der Waals surface area contributed by atoms with Gasteiger partial charge in [0.25, 0.3) is 0 Å². The van der Waals surface area contributed by atoms with Crippen molar-refractivity contribution < 1.29 is 17.3 Å². The van der Waals surface area contributed by atoms with Crippen LogP contribution in [0.25, 0.3) is 0 Å². The van der Waals surface area contributed by atoms with E-state index >= 15 is 0 Å². The summed E-state index contributed by atoms with van der Waals surface area (Å²) in [6, 6.07) is 8.75. The Morgan fingerprint density at radius 3 is 1.60 bits per heavy atom. The number of benzene rings is 1. The topological polar surface area (TPSA) is 0 Å². The third kappa shape index (κ3) is 9.73. The maximum Gasteiger partial charge on any atom is 0.673 e. The van der Waals surface area contributed by atoms with Gasteiger partial charge in [-0.25, -0.2) is 0 Å². The van der Waals surface area contributed by atoms with Crippen LogP contribution in [0.5, 0.6) is 0 Å². The summed E-state index contributed by atoms with van der Waals surface area (Å²) < 4.78 is 39.0. The molecule has 0 saturated heterocycles. The van der Waals surface area contributed by atoms with Crippen LogP contribution >= 0.6 is 9.24 Å². The molecule has 0 aromatic heterocycles. The van der Waals surface area contributed by atoms with Crippen LogP contribution in [0.15, 0.2) is 24.3 Å². The third-order valence-corrected chi connectivity index (χ3v) is 2.12. The summed E-state index contributed by atoms with van der Waals surface area (Å²) in [7, 11) is -4.07. The Morgan fingerprint density at radius 2 is 1.33 bits per heavy atom. The van der Waals surface area contributed by atoms with Crippen molar-refractivity contribution in [3.63, 3.8) is 0 Å². The maximum absolute atomic E-state index is 9.75. The highest BCUT2D eigenvalue weighted by molar-refractivity contribution is 7.27. The van der Waals surface area contributed by atoms with Gasteiger partial charge in [0.05, 0.1) is 5.30 Å². The quantitative estimate of drug-likeness (QED) is 0.401. The van der Waals surface area contributed by atoms with Gasteiger partial charge in [-0.3, -0.25) is 0 Å². The minimum atomic E-state index is -6.00. The van der Waals surface area contributed by atoms with Crippen LogP contribution in [0.1, 0.15) is 25.3 Å². The first kappa shape index (κ1) is 14.4. The van der Waals surface area contributed by atoms with E-state index < -0.39 is 7.25 Å². The molecule has 1 unspecified atom stereocenters. The molecule has 0 amide bonds. The smallest absolute Gasteiger partial charge is 0.418 e. The molecular weight excluding hydrogens is 226 g/mol. The predicted molar refractivity (Wildman–Crippen MR) is 61.5 cm³/mol. The molecule has 1 atom stereocenters. The van der Waals surface area contributed by atoms with Gasteiger partial charge in [-0.15, -0.1) is 0 Å². The number of hydrogen-bond donors (Lipinski definition) is 0. The molecular formula is C9H14BF4P. The fourth-order valence-electron chi connectivity index (χ4n) is 0.903. The first-order valence-electron chi connectivity index (χ1n) is 4.49. The molecule has 0 bridgehead atoms. The van der Waals surface area contributed by atoms with Gasteiger partial charge in [-0.2, -0.15) is 0 Å². The van der Waals surface area contributed by atoms with Crippen molar-refractivity contribution in [3.8, 4) is 0 Å². The Morgan fingerprint density at radius 1 is 1.00 bits per heavy atom. The van der Waals surface area contributed by atoms with Crippen LogP contribution in [-0.2, 0) is 0 Å². The van der Waals surface area contributed by atoms with Crippen molar-refractivity contribution in [1.82, 2.24) is 0 Å². The van der Waals surface area contributed by atoms with Gasteiger partial charge in [0.15, 0.2) is 0 Å². The fourth-order valence-corrected chi connectivity index (χ4v) is 1.14. The average molecular weight is 240 g/mol. The van der Waals surface area contributed by atoms with Crippen molar-refractivity contribution in [3.05, 3.63) is 29.8 Å². The van der Waals surface area contributed by atoms with E-state index in [1.165, 1.54) is 10.9 Å². The summed E-state index contributed by atoms with van der Waals surface area (Å²) in [4.78, 5) is 0. The minimum Gasteiger partial charge on any atom is -0.418 e. The predicted octanol–water partition coefficient (Wildman–Crippen LogP) is 3.34. The highest BCUT2D eigenvalue weighted by atomic mass is 31.0. The fraction of sp³-hybridized carbons (Fsp3) is 0.333. The van der Waals surface area contributed by atoms with E-state index in [0.717, 1.165) is 0 Å². The minimum absolute atomic E-state index is 0.656. The molecule has 0 spiro atoms. The van der Waals surface area contributed by atoms with Crippen molar-refractivity contribution >= 4 is 21.8 Å². The monoisotopic (exact) mass is 240 g/mol. The van der Waals surface area contributed by atoms with Gasteiger partial charge < -0.3 is 17.3 Å². The Labute approximate surface area is 89.4 Å². The Bertz CT molecular complexity index is 275. The lowest BCUT2D eigenvalue weighted by Crippen LogP contribution is -2.02. The Kier molecular flexibility index (Phi) is 5.88. The zero-order valence-electron chi connectivity index (χ0n) is 8.68. The molecule has 0 aliphatic rings. The van der Waals surface area contributed by atoms with Crippen LogP contribution in [0.4, 0.5) is 17.3 Å². The molecule has 1 aromatic rings. The molecule has 1 aromatic carbocycles. The molecule has 0 fully saturated rings. The molecule has 1 rings (SSSR count). The third-order valence-electron chi connectivity index (χ3n) is 1.65. The van der Waals surface area contributed by atoms with Crippen LogP contribution in [-0.4, -0.2) is 7.25 Å². The van der Waals surface area contributed by atoms with E-state index in [1.807, 2.05) is 9.24 Å². The lowest BCUT2D eigenvalue weighted by molar-refractivity contribution is 0.368. The van der Waals surface area contributed by atoms with E-state index in [-0.39, 0.29) is 0 Å². The molecule has 0 heterocycles. The standard InChI is InChI=1S/C9H13P.BF4/c1-7(2)8-3-5-9(10)6-4-8;2-1(3,4)5/h3-7H,10H2,1-2H3;/q;-1/p+1. The van der Waals surface area contributed by atoms with Gasteiger partial charge in [0.1, 0.15) is 0 Å². The normalized spacial score (nSPS) is 11.1. The second-order valence-electron chi connectivity index (χ2n) is 3.39. The van der Waals surface area contributed by atoms with Gasteiger partial charge in [0, 0.05) is 9.24 Å². The van der Waals surface area contributed by atoms with Gasteiger partial charge in [0.2, 0.25) is 0 Å². The summed E-state index contributed by atoms with van der Waals surface area (Å²) in [6.45, 7) is 4.43. The van der Waals surface area contributed by atoms with E-state index in [4.69, 9.17) is 0 Å². The van der Waals surface area contributed by atoms with Gasteiger partial charge in [-0.1, -0.05) is 26.0 Å². The van der Waals surface area contributed by atoms with Crippen LogP contribution in [0, 0.1) is 0 Å². The molecule has 0 aliphatic heterocycles. The van der Waals surface area contributed by atoms with Crippen molar-refractivity contribution in [1.29, 1.82) is 0 Å². The molecule has 86 valence electrons. The molecule has 0 radical (unpaired) electrons. The van der Waals surface area contributed by atoms with Crippen LogP contribution in [0.3, 0.4) is 0 Å². The lowest BCUT2D eigenvalue weighted by Gasteiger charge is -2.02. The second kappa shape index (κ2) is 6.11. The van der Waals surface area contributed by atoms with Crippen LogP contribution in [0.2, 0.25) is 0 Å².